The van der Waals surface area contributed by atoms with E-state index in [-0.39, 0.29) is 6.03 Å². The van der Waals surface area contributed by atoms with E-state index in [1.54, 1.807) is 4.90 Å². The van der Waals surface area contributed by atoms with Crippen LogP contribution in [0.15, 0.2) is 60.7 Å². The van der Waals surface area contributed by atoms with Crippen LogP contribution in [0, 0.1) is 0 Å². The zero-order valence-corrected chi connectivity index (χ0v) is 15.4. The van der Waals surface area contributed by atoms with Crippen LogP contribution in [0.25, 0.3) is 0 Å². The van der Waals surface area contributed by atoms with Crippen LogP contribution in [-0.4, -0.2) is 65.3 Å². The lowest BCUT2D eigenvalue weighted by molar-refractivity contribution is 0.0655. The molecule has 0 spiro atoms. The maximum Gasteiger partial charge on any atom is 0.317 e. The molecule has 6 heteroatoms. The second-order valence-electron chi connectivity index (χ2n) is 6.83. The molecule has 1 aliphatic rings. The molecule has 1 saturated heterocycles. The van der Waals surface area contributed by atoms with E-state index >= 15 is 0 Å². The molecular formula is C21H27N3O3. The first-order valence-electron chi connectivity index (χ1n) is 9.34. The summed E-state index contributed by atoms with van der Waals surface area (Å²) in [4.78, 5) is 15.5. The van der Waals surface area contributed by atoms with Crippen LogP contribution < -0.4 is 5.32 Å². The summed E-state index contributed by atoms with van der Waals surface area (Å²) in [6, 6.07) is 18.9. The molecule has 2 aromatic carbocycles. The SMILES string of the molecule is O=C1NCCN1CCN(CC(O)c1ccccc1)CC(O)c1ccccc1. The number of hydrogen-bond acceptors (Lipinski definition) is 4. The number of carbonyl (C=O) groups excluding carboxylic acids is 1. The van der Waals surface area contributed by atoms with Crippen LogP contribution in [0.3, 0.4) is 0 Å². The molecule has 2 unspecified atom stereocenters. The van der Waals surface area contributed by atoms with Gasteiger partial charge in [0.25, 0.3) is 0 Å². The number of urea groups is 1. The molecule has 0 radical (unpaired) electrons. The van der Waals surface area contributed by atoms with E-state index in [1.807, 2.05) is 65.6 Å². The summed E-state index contributed by atoms with van der Waals surface area (Å²) in [6.45, 7) is 3.29. The Kier molecular flexibility index (Phi) is 6.81. The lowest BCUT2D eigenvalue weighted by atomic mass is 10.1. The second-order valence-corrected chi connectivity index (χ2v) is 6.83. The van der Waals surface area contributed by atoms with Gasteiger partial charge in [-0.15, -0.1) is 0 Å². The molecule has 0 bridgehead atoms. The van der Waals surface area contributed by atoms with Gasteiger partial charge in [-0.3, -0.25) is 4.90 Å². The Bertz CT molecular complexity index is 664. The van der Waals surface area contributed by atoms with E-state index in [1.165, 1.54) is 0 Å². The topological polar surface area (TPSA) is 76.0 Å². The molecule has 3 rings (SSSR count). The second kappa shape index (κ2) is 9.50. The first-order valence-corrected chi connectivity index (χ1v) is 9.34. The Morgan fingerprint density at radius 2 is 1.44 bits per heavy atom. The highest BCUT2D eigenvalue weighted by Crippen LogP contribution is 2.18. The van der Waals surface area contributed by atoms with E-state index in [4.69, 9.17) is 0 Å². The molecule has 0 aliphatic carbocycles. The molecule has 0 aromatic heterocycles. The predicted octanol–water partition coefficient (Wildman–Crippen LogP) is 1.78. The van der Waals surface area contributed by atoms with E-state index in [0.717, 1.165) is 11.1 Å². The van der Waals surface area contributed by atoms with Crippen molar-refractivity contribution in [3.05, 3.63) is 71.8 Å². The average molecular weight is 369 g/mol. The van der Waals surface area contributed by atoms with Gasteiger partial charge in [0.05, 0.1) is 12.2 Å². The van der Waals surface area contributed by atoms with Crippen molar-refractivity contribution in [3.63, 3.8) is 0 Å². The van der Waals surface area contributed by atoms with Gasteiger partial charge in [-0.25, -0.2) is 4.79 Å². The van der Waals surface area contributed by atoms with Crippen LogP contribution in [0.1, 0.15) is 23.3 Å². The van der Waals surface area contributed by atoms with Crippen molar-refractivity contribution >= 4 is 6.03 Å². The van der Waals surface area contributed by atoms with Crippen LogP contribution in [0.5, 0.6) is 0 Å². The predicted molar refractivity (Wildman–Crippen MR) is 104 cm³/mol. The minimum Gasteiger partial charge on any atom is -0.387 e. The standard InChI is InChI=1S/C21H27N3O3/c25-19(17-7-3-1-4-8-17)15-23(13-14-24-12-11-22-21(24)27)16-20(26)18-9-5-2-6-10-18/h1-10,19-20,25-26H,11-16H2,(H,22,27). The van der Waals surface area contributed by atoms with Crippen molar-refractivity contribution in [2.45, 2.75) is 12.2 Å². The van der Waals surface area contributed by atoms with Gasteiger partial charge in [-0.2, -0.15) is 0 Å². The number of hydrogen-bond donors (Lipinski definition) is 3. The van der Waals surface area contributed by atoms with Gasteiger partial charge in [0.1, 0.15) is 0 Å². The molecule has 27 heavy (non-hydrogen) atoms. The number of nitrogens with zero attached hydrogens (tertiary/aromatic N) is 2. The highest BCUT2D eigenvalue weighted by Gasteiger charge is 2.22. The summed E-state index contributed by atoms with van der Waals surface area (Å²) >= 11 is 0. The van der Waals surface area contributed by atoms with E-state index < -0.39 is 12.2 Å². The normalized spacial score (nSPS) is 16.4. The molecule has 2 amide bonds. The van der Waals surface area contributed by atoms with Crippen molar-refractivity contribution in [2.24, 2.45) is 0 Å². The number of amides is 2. The Labute approximate surface area is 160 Å². The number of nitrogens with one attached hydrogen (secondary N) is 1. The summed E-state index contributed by atoms with van der Waals surface area (Å²) in [5.41, 5.74) is 1.69. The molecular weight excluding hydrogens is 342 g/mol. The van der Waals surface area contributed by atoms with E-state index in [9.17, 15) is 15.0 Å². The van der Waals surface area contributed by atoms with Crippen LogP contribution >= 0.6 is 0 Å². The van der Waals surface area contributed by atoms with Gasteiger partial charge < -0.3 is 20.4 Å². The fourth-order valence-electron chi connectivity index (χ4n) is 3.29. The maximum atomic E-state index is 11.8. The van der Waals surface area contributed by atoms with Crippen molar-refractivity contribution in [1.82, 2.24) is 15.1 Å². The van der Waals surface area contributed by atoms with E-state index in [2.05, 4.69) is 5.32 Å². The van der Waals surface area contributed by atoms with Crippen molar-refractivity contribution in [1.29, 1.82) is 0 Å². The van der Waals surface area contributed by atoms with Crippen LogP contribution in [0.4, 0.5) is 4.79 Å². The molecule has 1 fully saturated rings. The smallest absolute Gasteiger partial charge is 0.317 e. The molecule has 2 atom stereocenters. The van der Waals surface area contributed by atoms with Crippen molar-refractivity contribution in [3.8, 4) is 0 Å². The largest absolute Gasteiger partial charge is 0.387 e. The first kappa shape index (κ1) is 19.4. The zero-order chi connectivity index (χ0) is 19.1. The third-order valence-corrected chi connectivity index (χ3v) is 4.86. The van der Waals surface area contributed by atoms with Gasteiger partial charge in [0, 0.05) is 39.3 Å². The highest BCUT2D eigenvalue weighted by molar-refractivity contribution is 5.76. The first-order chi connectivity index (χ1) is 13.1. The molecule has 0 saturated carbocycles. The highest BCUT2D eigenvalue weighted by atomic mass is 16.3. The summed E-state index contributed by atoms with van der Waals surface area (Å²) in [6.07, 6.45) is -1.30. The Balaban J connectivity index is 1.64. The van der Waals surface area contributed by atoms with Gasteiger partial charge in [0.2, 0.25) is 0 Å². The minimum absolute atomic E-state index is 0.0536. The number of benzene rings is 2. The molecule has 3 N–H and O–H groups in total. The Morgan fingerprint density at radius 3 is 1.89 bits per heavy atom. The third-order valence-electron chi connectivity index (χ3n) is 4.86. The van der Waals surface area contributed by atoms with Crippen LogP contribution in [-0.2, 0) is 0 Å². The van der Waals surface area contributed by atoms with E-state index in [0.29, 0.717) is 39.3 Å². The van der Waals surface area contributed by atoms with Gasteiger partial charge >= 0.3 is 6.03 Å². The fourth-order valence-corrected chi connectivity index (χ4v) is 3.29. The molecule has 144 valence electrons. The van der Waals surface area contributed by atoms with Gasteiger partial charge in [-0.1, -0.05) is 60.7 Å². The third kappa shape index (κ3) is 5.53. The van der Waals surface area contributed by atoms with Crippen molar-refractivity contribution in [2.75, 3.05) is 39.3 Å². The summed E-state index contributed by atoms with van der Waals surface area (Å²) in [5, 5.41) is 24.0. The molecule has 1 aliphatic heterocycles. The monoisotopic (exact) mass is 369 g/mol. The van der Waals surface area contributed by atoms with Crippen molar-refractivity contribution < 1.29 is 15.0 Å². The lowest BCUT2D eigenvalue weighted by Gasteiger charge is -2.29. The average Bonchev–Trinajstić information content (AvgIpc) is 3.12. The molecule has 1 heterocycles. The number of aliphatic hydroxyl groups excluding tert-OH is 2. The fraction of sp³-hybridized carbons (Fsp3) is 0.381. The quantitative estimate of drug-likeness (QED) is 0.630. The van der Waals surface area contributed by atoms with Gasteiger partial charge in [-0.05, 0) is 11.1 Å². The zero-order valence-electron chi connectivity index (χ0n) is 15.4. The maximum absolute atomic E-state index is 11.8. The number of aliphatic hydroxyl groups is 2. The lowest BCUT2D eigenvalue weighted by Crippen LogP contribution is -2.40. The molecule has 6 nitrogen and oxygen atoms in total. The minimum atomic E-state index is -0.651. The number of carbonyl (C=O) groups is 1. The Morgan fingerprint density at radius 1 is 0.926 bits per heavy atom. The summed E-state index contributed by atoms with van der Waals surface area (Å²) < 4.78 is 0. The number of rotatable bonds is 9. The summed E-state index contributed by atoms with van der Waals surface area (Å²) in [5.74, 6) is 0. The summed E-state index contributed by atoms with van der Waals surface area (Å²) in [7, 11) is 0. The van der Waals surface area contributed by atoms with Gasteiger partial charge in [0.15, 0.2) is 0 Å². The Hall–Kier alpha value is -2.41. The molecule has 2 aromatic rings. The van der Waals surface area contributed by atoms with Crippen LogP contribution in [0.2, 0.25) is 0 Å².